The van der Waals surface area contributed by atoms with Crippen molar-refractivity contribution in [1.82, 2.24) is 0 Å². The highest BCUT2D eigenvalue weighted by molar-refractivity contribution is 5.81. The van der Waals surface area contributed by atoms with Crippen molar-refractivity contribution in [2.45, 2.75) is 32.1 Å². The van der Waals surface area contributed by atoms with Gasteiger partial charge in [0.1, 0.15) is 5.78 Å². The Morgan fingerprint density at radius 3 is 3.27 bits per heavy atom. The summed E-state index contributed by atoms with van der Waals surface area (Å²) >= 11 is 0. The molecule has 1 fully saturated rings. The summed E-state index contributed by atoms with van der Waals surface area (Å²) in [5.74, 6) is 1.62. The summed E-state index contributed by atoms with van der Waals surface area (Å²) < 4.78 is 0. The normalized spacial score (nSPS) is 36.9. The fourth-order valence-corrected chi connectivity index (χ4v) is 2.20. The van der Waals surface area contributed by atoms with E-state index in [0.29, 0.717) is 11.7 Å². The first kappa shape index (κ1) is 7.08. The van der Waals surface area contributed by atoms with Crippen molar-refractivity contribution in [2.75, 3.05) is 0 Å². The Balaban J connectivity index is 2.16. The maximum Gasteiger partial charge on any atom is 0.136 e. The molecule has 1 nitrogen and oxygen atoms in total. The van der Waals surface area contributed by atoms with Crippen LogP contribution in [-0.4, -0.2) is 5.78 Å². The average Bonchev–Trinajstić information content (AvgIpc) is 2.14. The Bertz CT molecular complexity index is 193. The van der Waals surface area contributed by atoms with Gasteiger partial charge in [0.05, 0.1) is 0 Å². The van der Waals surface area contributed by atoms with Crippen LogP contribution in [0.5, 0.6) is 0 Å². The highest BCUT2D eigenvalue weighted by Gasteiger charge is 2.26. The van der Waals surface area contributed by atoms with Crippen LogP contribution in [0.15, 0.2) is 12.2 Å². The van der Waals surface area contributed by atoms with Crippen LogP contribution in [0, 0.1) is 11.8 Å². The molecule has 0 spiro atoms. The SMILES string of the molecule is O=C1CCCC2C=CCC1C2. The Kier molecular flexibility index (Phi) is 1.80. The molecule has 0 aromatic heterocycles. The van der Waals surface area contributed by atoms with Crippen molar-refractivity contribution in [3.63, 3.8) is 0 Å². The van der Waals surface area contributed by atoms with E-state index in [9.17, 15) is 4.79 Å². The van der Waals surface area contributed by atoms with Gasteiger partial charge in [-0.2, -0.15) is 0 Å². The van der Waals surface area contributed by atoms with Crippen molar-refractivity contribution in [3.8, 4) is 0 Å². The summed E-state index contributed by atoms with van der Waals surface area (Å²) in [6, 6.07) is 0. The van der Waals surface area contributed by atoms with Crippen molar-refractivity contribution in [1.29, 1.82) is 0 Å². The molecule has 0 heterocycles. The van der Waals surface area contributed by atoms with E-state index in [2.05, 4.69) is 12.2 Å². The second kappa shape index (κ2) is 2.80. The van der Waals surface area contributed by atoms with E-state index < -0.39 is 0 Å². The van der Waals surface area contributed by atoms with Crippen LogP contribution < -0.4 is 0 Å². The van der Waals surface area contributed by atoms with Gasteiger partial charge in [0.2, 0.25) is 0 Å². The summed E-state index contributed by atoms with van der Waals surface area (Å²) in [4.78, 5) is 11.4. The molecule has 2 aliphatic rings. The van der Waals surface area contributed by atoms with E-state index in [1.54, 1.807) is 0 Å². The van der Waals surface area contributed by atoms with Gasteiger partial charge < -0.3 is 0 Å². The van der Waals surface area contributed by atoms with E-state index in [0.717, 1.165) is 31.6 Å². The van der Waals surface area contributed by atoms with Gasteiger partial charge in [-0.3, -0.25) is 4.79 Å². The van der Waals surface area contributed by atoms with E-state index in [1.165, 1.54) is 6.42 Å². The summed E-state index contributed by atoms with van der Waals surface area (Å²) in [6.45, 7) is 0. The topological polar surface area (TPSA) is 17.1 Å². The van der Waals surface area contributed by atoms with Crippen molar-refractivity contribution in [3.05, 3.63) is 12.2 Å². The number of rotatable bonds is 0. The van der Waals surface area contributed by atoms with Crippen molar-refractivity contribution >= 4 is 5.78 Å². The molecule has 2 rings (SSSR count). The third kappa shape index (κ3) is 1.37. The first-order chi connectivity index (χ1) is 5.36. The number of hydrogen-bond donors (Lipinski definition) is 0. The Hall–Kier alpha value is -0.590. The molecular formula is C10H14O. The number of allylic oxidation sites excluding steroid dienone is 2. The molecule has 11 heavy (non-hydrogen) atoms. The molecule has 1 saturated carbocycles. The molecule has 1 heteroatoms. The Morgan fingerprint density at radius 1 is 1.45 bits per heavy atom. The average molecular weight is 150 g/mol. The van der Waals surface area contributed by atoms with Gasteiger partial charge in [-0.25, -0.2) is 0 Å². The molecule has 2 aliphatic carbocycles. The lowest BCUT2D eigenvalue weighted by Gasteiger charge is -2.19. The predicted molar refractivity (Wildman–Crippen MR) is 44.2 cm³/mol. The van der Waals surface area contributed by atoms with Crippen LogP contribution in [0.3, 0.4) is 0 Å². The zero-order chi connectivity index (χ0) is 7.68. The summed E-state index contributed by atoms with van der Waals surface area (Å²) in [7, 11) is 0. The number of hydrogen-bond acceptors (Lipinski definition) is 1. The molecule has 0 radical (unpaired) electrons. The lowest BCUT2D eigenvalue weighted by atomic mass is 9.85. The van der Waals surface area contributed by atoms with Crippen molar-refractivity contribution < 1.29 is 4.79 Å². The molecule has 2 bridgehead atoms. The lowest BCUT2D eigenvalue weighted by Crippen LogP contribution is -2.16. The molecular weight excluding hydrogens is 136 g/mol. The summed E-state index contributed by atoms with van der Waals surface area (Å²) in [5.41, 5.74) is 0. The number of fused-ring (bicyclic) bond motifs is 2. The molecule has 0 saturated heterocycles. The van der Waals surface area contributed by atoms with Crippen molar-refractivity contribution in [2.24, 2.45) is 11.8 Å². The quantitative estimate of drug-likeness (QED) is 0.484. The van der Waals surface area contributed by atoms with Crippen LogP contribution in [0.2, 0.25) is 0 Å². The fourth-order valence-electron chi connectivity index (χ4n) is 2.20. The number of carbonyl (C=O) groups is 1. The molecule has 2 unspecified atom stereocenters. The van der Waals surface area contributed by atoms with E-state index in [4.69, 9.17) is 0 Å². The van der Waals surface area contributed by atoms with E-state index >= 15 is 0 Å². The maximum atomic E-state index is 11.4. The Labute approximate surface area is 67.5 Å². The van der Waals surface area contributed by atoms with Crippen LogP contribution in [0.1, 0.15) is 32.1 Å². The predicted octanol–water partition coefficient (Wildman–Crippen LogP) is 2.32. The van der Waals surface area contributed by atoms with Crippen LogP contribution in [0.25, 0.3) is 0 Å². The molecule has 60 valence electrons. The van der Waals surface area contributed by atoms with Gasteiger partial charge >= 0.3 is 0 Å². The molecule has 0 aromatic rings. The van der Waals surface area contributed by atoms with Gasteiger partial charge in [-0.1, -0.05) is 12.2 Å². The second-order valence-corrected chi connectivity index (χ2v) is 3.72. The third-order valence-electron chi connectivity index (χ3n) is 2.87. The van der Waals surface area contributed by atoms with Crippen LogP contribution in [0.4, 0.5) is 0 Å². The van der Waals surface area contributed by atoms with E-state index in [1.807, 2.05) is 0 Å². The first-order valence-electron chi connectivity index (χ1n) is 4.55. The highest BCUT2D eigenvalue weighted by Crippen LogP contribution is 2.32. The van der Waals surface area contributed by atoms with Crippen LogP contribution >= 0.6 is 0 Å². The summed E-state index contributed by atoms with van der Waals surface area (Å²) in [5, 5.41) is 0. The number of Topliss-reactive ketones (excluding diaryl/α,β-unsaturated/α-hetero) is 1. The zero-order valence-electron chi connectivity index (χ0n) is 6.75. The fraction of sp³-hybridized carbons (Fsp3) is 0.700. The van der Waals surface area contributed by atoms with Gasteiger partial charge in [-0.05, 0) is 31.6 Å². The van der Waals surface area contributed by atoms with Gasteiger partial charge in [0, 0.05) is 12.3 Å². The number of carbonyl (C=O) groups excluding carboxylic acids is 1. The molecule has 0 aliphatic heterocycles. The molecule has 2 atom stereocenters. The monoisotopic (exact) mass is 150 g/mol. The smallest absolute Gasteiger partial charge is 0.136 e. The van der Waals surface area contributed by atoms with Gasteiger partial charge in [0.25, 0.3) is 0 Å². The first-order valence-corrected chi connectivity index (χ1v) is 4.55. The number of ketones is 1. The van der Waals surface area contributed by atoms with Crippen LogP contribution in [-0.2, 0) is 4.79 Å². The third-order valence-corrected chi connectivity index (χ3v) is 2.87. The molecule has 0 N–H and O–H groups in total. The highest BCUT2D eigenvalue weighted by atomic mass is 16.1. The maximum absolute atomic E-state index is 11.4. The molecule has 0 amide bonds. The van der Waals surface area contributed by atoms with Gasteiger partial charge in [-0.15, -0.1) is 0 Å². The standard InChI is InChI=1S/C10H14O/c11-10-6-2-4-8-3-1-5-9(10)7-8/h1,3,8-9H,2,4-7H2. The van der Waals surface area contributed by atoms with E-state index in [-0.39, 0.29) is 0 Å². The minimum atomic E-state index is 0.382. The second-order valence-electron chi connectivity index (χ2n) is 3.72. The minimum absolute atomic E-state index is 0.382. The Morgan fingerprint density at radius 2 is 2.36 bits per heavy atom. The zero-order valence-corrected chi connectivity index (χ0v) is 6.75. The summed E-state index contributed by atoms with van der Waals surface area (Å²) in [6.07, 6.45) is 9.83. The van der Waals surface area contributed by atoms with Gasteiger partial charge in [0.15, 0.2) is 0 Å². The lowest BCUT2D eigenvalue weighted by molar-refractivity contribution is -0.122. The molecule has 0 aromatic carbocycles. The minimum Gasteiger partial charge on any atom is -0.299 e. The largest absolute Gasteiger partial charge is 0.299 e.